The molecule has 2 aliphatic rings. The first-order valence-corrected chi connectivity index (χ1v) is 14.1. The number of nitrogens with one attached hydrogen (secondary N) is 2. The molecule has 9 nitrogen and oxygen atoms in total. The van der Waals surface area contributed by atoms with Crippen LogP contribution in [0.2, 0.25) is 0 Å². The number of amides is 3. The minimum atomic E-state index is -0.985. The van der Waals surface area contributed by atoms with E-state index in [2.05, 4.69) is 19.2 Å². The normalized spacial score (nSPS) is 20.3. The molecule has 0 radical (unpaired) electrons. The molecule has 1 saturated heterocycles. The van der Waals surface area contributed by atoms with Gasteiger partial charge in [0.15, 0.2) is 5.96 Å². The second-order valence-electron chi connectivity index (χ2n) is 11.3. The van der Waals surface area contributed by atoms with Gasteiger partial charge in [0.1, 0.15) is 5.54 Å². The van der Waals surface area contributed by atoms with E-state index in [1.807, 2.05) is 60.7 Å². The van der Waals surface area contributed by atoms with Crippen LogP contribution < -0.4 is 11.1 Å². The number of imide groups is 1. The fourth-order valence-electron chi connectivity index (χ4n) is 5.79. The predicted molar refractivity (Wildman–Crippen MR) is 153 cm³/mol. The van der Waals surface area contributed by atoms with E-state index in [0.29, 0.717) is 32.2 Å². The van der Waals surface area contributed by atoms with E-state index in [0.717, 1.165) is 24.0 Å². The minimum Gasteiger partial charge on any atom is -0.452 e. The fourth-order valence-corrected chi connectivity index (χ4v) is 5.79. The molecule has 1 aliphatic heterocycles. The van der Waals surface area contributed by atoms with E-state index >= 15 is 0 Å². The number of nitrogens with zero attached hydrogens (tertiary/aromatic N) is 2. The summed E-state index contributed by atoms with van der Waals surface area (Å²) < 4.78 is 5.02. The van der Waals surface area contributed by atoms with Crippen molar-refractivity contribution in [3.8, 4) is 0 Å². The smallest absolute Gasteiger partial charge is 0.416 e. The van der Waals surface area contributed by atoms with E-state index in [1.165, 1.54) is 16.9 Å². The zero-order valence-electron chi connectivity index (χ0n) is 23.6. The van der Waals surface area contributed by atoms with Crippen molar-refractivity contribution in [3.63, 3.8) is 0 Å². The average Bonchev–Trinajstić information content (AvgIpc) is 3.76. The van der Waals surface area contributed by atoms with Gasteiger partial charge in [-0.1, -0.05) is 74.5 Å². The number of guanidine groups is 1. The Labute approximate surface area is 236 Å². The maximum Gasteiger partial charge on any atom is 0.416 e. The van der Waals surface area contributed by atoms with Crippen molar-refractivity contribution in [3.05, 3.63) is 71.8 Å². The van der Waals surface area contributed by atoms with E-state index < -0.39 is 23.6 Å². The van der Waals surface area contributed by atoms with Crippen LogP contribution in [0.15, 0.2) is 60.7 Å². The van der Waals surface area contributed by atoms with Gasteiger partial charge in [-0.25, -0.2) is 9.69 Å². The molecular weight excluding hydrogens is 506 g/mol. The van der Waals surface area contributed by atoms with Gasteiger partial charge in [-0.3, -0.25) is 19.9 Å². The van der Waals surface area contributed by atoms with E-state index in [4.69, 9.17) is 15.9 Å². The number of rotatable bonds is 12. The maximum absolute atomic E-state index is 13.8. The third kappa shape index (κ3) is 6.36. The summed E-state index contributed by atoms with van der Waals surface area (Å²) in [5, 5.41) is 11.8. The summed E-state index contributed by atoms with van der Waals surface area (Å²) in [5.74, 6) is -0.139. The molecule has 1 heterocycles. The molecule has 4 rings (SSSR count). The molecule has 214 valence electrons. The molecule has 2 aromatic rings. The molecule has 40 heavy (non-hydrogen) atoms. The molecule has 2 fully saturated rings. The summed E-state index contributed by atoms with van der Waals surface area (Å²) in [6.07, 6.45) is 2.98. The Balaban J connectivity index is 1.47. The highest BCUT2D eigenvalue weighted by atomic mass is 16.5. The zero-order chi connectivity index (χ0) is 28.9. The van der Waals surface area contributed by atoms with Crippen LogP contribution in [0, 0.1) is 17.2 Å². The molecule has 4 N–H and O–H groups in total. The Kier molecular flexibility index (Phi) is 9.25. The van der Waals surface area contributed by atoms with Crippen molar-refractivity contribution in [1.82, 2.24) is 15.1 Å². The summed E-state index contributed by atoms with van der Waals surface area (Å²) in [7, 11) is 1.27. The van der Waals surface area contributed by atoms with Gasteiger partial charge in [0.2, 0.25) is 5.91 Å². The highest BCUT2D eigenvalue weighted by molar-refractivity contribution is 6.08. The maximum atomic E-state index is 13.8. The SMILES string of the molecule is COC(=O)N(C(=O)[C@@H](N)Cc1ccccc1)[C@H](CCCN1C(=N)N[C@](CC(C)C)(c2ccccc2)C1=O)C1CC1. The summed E-state index contributed by atoms with van der Waals surface area (Å²) in [6.45, 7) is 4.43. The van der Waals surface area contributed by atoms with Gasteiger partial charge in [0, 0.05) is 12.6 Å². The molecule has 1 aliphatic carbocycles. The lowest BCUT2D eigenvalue weighted by Crippen LogP contribution is -2.53. The van der Waals surface area contributed by atoms with E-state index in [-0.39, 0.29) is 29.7 Å². The van der Waals surface area contributed by atoms with Crippen molar-refractivity contribution in [1.29, 1.82) is 5.41 Å². The van der Waals surface area contributed by atoms with Crippen molar-refractivity contribution >= 4 is 23.9 Å². The summed E-state index contributed by atoms with van der Waals surface area (Å²) in [4.78, 5) is 42.9. The van der Waals surface area contributed by atoms with Gasteiger partial charge < -0.3 is 15.8 Å². The lowest BCUT2D eigenvalue weighted by Gasteiger charge is -2.32. The molecule has 0 unspecified atom stereocenters. The Morgan fingerprint density at radius 2 is 1.75 bits per heavy atom. The molecule has 3 atom stereocenters. The number of carbonyl (C=O) groups is 3. The fraction of sp³-hybridized carbons (Fsp3) is 0.484. The standard InChI is InChI=1S/C31H41N5O4/c1-21(2)20-31(24-13-8-5-9-14-24)28(38)35(29(33)34-31)18-10-15-26(23-16-17-23)36(30(39)40-3)27(37)25(32)19-22-11-6-4-7-12-22/h4-9,11-14,21,23,25-26H,10,15-20,32H2,1-3H3,(H2,33,34)/t25-,26+,31+/m0/s1. The average molecular weight is 548 g/mol. The lowest BCUT2D eigenvalue weighted by molar-refractivity contribution is -0.134. The second kappa shape index (κ2) is 12.6. The summed E-state index contributed by atoms with van der Waals surface area (Å²) in [5.41, 5.74) is 7.07. The predicted octanol–water partition coefficient (Wildman–Crippen LogP) is 4.02. The number of benzene rings is 2. The number of hydrogen-bond donors (Lipinski definition) is 3. The van der Waals surface area contributed by atoms with Gasteiger partial charge in [-0.2, -0.15) is 0 Å². The van der Waals surface area contributed by atoms with Crippen molar-refractivity contribution in [2.24, 2.45) is 17.6 Å². The highest BCUT2D eigenvalue weighted by Crippen LogP contribution is 2.39. The second-order valence-corrected chi connectivity index (χ2v) is 11.3. The van der Waals surface area contributed by atoms with E-state index in [1.54, 1.807) is 0 Å². The molecular formula is C31H41N5O4. The topological polar surface area (TPSA) is 129 Å². The van der Waals surface area contributed by atoms with Gasteiger partial charge in [-0.05, 0) is 61.5 Å². The Morgan fingerprint density at radius 1 is 1.12 bits per heavy atom. The number of hydrogen-bond acceptors (Lipinski definition) is 6. The first-order valence-electron chi connectivity index (χ1n) is 14.1. The molecule has 3 amide bonds. The quantitative estimate of drug-likeness (QED) is 0.368. The third-order valence-electron chi connectivity index (χ3n) is 7.80. The largest absolute Gasteiger partial charge is 0.452 e. The van der Waals surface area contributed by atoms with Gasteiger partial charge in [0.05, 0.1) is 13.2 Å². The van der Waals surface area contributed by atoms with Crippen molar-refractivity contribution in [2.75, 3.05) is 13.7 Å². The summed E-state index contributed by atoms with van der Waals surface area (Å²) in [6, 6.07) is 17.8. The zero-order valence-corrected chi connectivity index (χ0v) is 23.6. The Bertz CT molecular complexity index is 1200. The Morgan fingerprint density at radius 3 is 2.33 bits per heavy atom. The lowest BCUT2D eigenvalue weighted by atomic mass is 9.82. The number of ether oxygens (including phenoxy) is 1. The van der Waals surface area contributed by atoms with Crippen molar-refractivity contribution in [2.45, 2.75) is 70.0 Å². The number of nitrogens with two attached hydrogens (primary N) is 1. The summed E-state index contributed by atoms with van der Waals surface area (Å²) >= 11 is 0. The van der Waals surface area contributed by atoms with Crippen LogP contribution in [-0.4, -0.2) is 59.4 Å². The third-order valence-corrected chi connectivity index (χ3v) is 7.80. The van der Waals surface area contributed by atoms with E-state index in [9.17, 15) is 14.4 Å². The molecule has 1 saturated carbocycles. The van der Waals surface area contributed by atoms with Crippen LogP contribution in [0.1, 0.15) is 57.1 Å². The molecule has 0 aromatic heterocycles. The van der Waals surface area contributed by atoms with Gasteiger partial charge >= 0.3 is 6.09 Å². The Hall–Kier alpha value is -3.72. The van der Waals surface area contributed by atoms with Crippen LogP contribution in [-0.2, 0) is 26.3 Å². The van der Waals surface area contributed by atoms with Crippen LogP contribution in [0.4, 0.5) is 4.79 Å². The number of methoxy groups -OCH3 is 1. The van der Waals surface area contributed by atoms with Crippen molar-refractivity contribution < 1.29 is 19.1 Å². The van der Waals surface area contributed by atoms with Crippen LogP contribution in [0.25, 0.3) is 0 Å². The van der Waals surface area contributed by atoms with Gasteiger partial charge in [0.25, 0.3) is 5.91 Å². The monoisotopic (exact) mass is 547 g/mol. The first kappa shape index (κ1) is 29.3. The van der Waals surface area contributed by atoms with Crippen LogP contribution in [0.5, 0.6) is 0 Å². The van der Waals surface area contributed by atoms with Gasteiger partial charge in [-0.15, -0.1) is 0 Å². The highest BCUT2D eigenvalue weighted by Gasteiger charge is 2.51. The molecule has 0 spiro atoms. The molecule has 2 aromatic carbocycles. The molecule has 9 heteroatoms. The number of carbonyl (C=O) groups excluding carboxylic acids is 3. The minimum absolute atomic E-state index is 0.0725. The molecule has 0 bridgehead atoms. The van der Waals surface area contributed by atoms with Crippen LogP contribution >= 0.6 is 0 Å². The first-order chi connectivity index (χ1) is 19.2. The van der Waals surface area contributed by atoms with Crippen LogP contribution in [0.3, 0.4) is 0 Å².